The van der Waals surface area contributed by atoms with Gasteiger partial charge in [0.1, 0.15) is 11.4 Å². The van der Waals surface area contributed by atoms with Crippen LogP contribution in [0.5, 0.6) is 0 Å². The van der Waals surface area contributed by atoms with E-state index in [0.29, 0.717) is 6.42 Å². The molecule has 0 fully saturated rings. The van der Waals surface area contributed by atoms with Gasteiger partial charge in [-0.1, -0.05) is 5.16 Å². The summed E-state index contributed by atoms with van der Waals surface area (Å²) in [5.74, 6) is -0.656. The van der Waals surface area contributed by atoms with Gasteiger partial charge in [-0.3, -0.25) is 0 Å². The maximum atomic E-state index is 12.1. The van der Waals surface area contributed by atoms with Crippen LogP contribution in [0.3, 0.4) is 0 Å². The molecule has 0 spiro atoms. The van der Waals surface area contributed by atoms with Crippen molar-refractivity contribution in [2.24, 2.45) is 5.16 Å². The van der Waals surface area contributed by atoms with Gasteiger partial charge in [0.2, 0.25) is 0 Å². The van der Waals surface area contributed by atoms with E-state index in [0.717, 1.165) is 0 Å². The van der Waals surface area contributed by atoms with Crippen molar-refractivity contribution in [3.63, 3.8) is 0 Å². The molecule has 0 amide bonds. The van der Waals surface area contributed by atoms with E-state index in [-0.39, 0.29) is 5.71 Å². The fraction of sp³-hybridized carbons (Fsp3) is 0.833. The van der Waals surface area contributed by atoms with Crippen LogP contribution in [-0.4, -0.2) is 25.5 Å². The van der Waals surface area contributed by atoms with Crippen molar-refractivity contribution in [1.82, 2.24) is 0 Å². The highest BCUT2D eigenvalue weighted by atomic mass is 32.3. The number of hydrogen-bond acceptors (Lipinski definition) is 4. The highest BCUT2D eigenvalue weighted by molar-refractivity contribution is 7.87. The Balaban J connectivity index is 2.60. The maximum absolute atomic E-state index is 12.1. The maximum Gasteiger partial charge on any atom is 0.307 e. The Hall–Kier alpha value is -0.650. The standard InChI is InChI=1S/C6H10FNO3S/c1-6(2)3-5(8-11-6)4-12(7,9)10/h3-4H2,1-2H3. The molecule has 0 radical (unpaired) electrons. The van der Waals surface area contributed by atoms with E-state index in [1.54, 1.807) is 13.8 Å². The van der Waals surface area contributed by atoms with Gasteiger partial charge >= 0.3 is 10.2 Å². The van der Waals surface area contributed by atoms with Crippen molar-refractivity contribution in [2.45, 2.75) is 25.9 Å². The van der Waals surface area contributed by atoms with E-state index in [9.17, 15) is 12.3 Å². The molecule has 0 N–H and O–H groups in total. The van der Waals surface area contributed by atoms with Crippen LogP contribution < -0.4 is 0 Å². The minimum Gasteiger partial charge on any atom is -0.389 e. The molecule has 0 saturated carbocycles. The van der Waals surface area contributed by atoms with Crippen LogP contribution >= 0.6 is 0 Å². The summed E-state index contributed by atoms with van der Waals surface area (Å²) in [4.78, 5) is 4.86. The topological polar surface area (TPSA) is 55.7 Å². The van der Waals surface area contributed by atoms with Crippen LogP contribution in [0.4, 0.5) is 3.89 Å². The smallest absolute Gasteiger partial charge is 0.307 e. The van der Waals surface area contributed by atoms with Crippen LogP contribution in [0.25, 0.3) is 0 Å². The van der Waals surface area contributed by atoms with Gasteiger partial charge in [-0.15, -0.1) is 3.89 Å². The van der Waals surface area contributed by atoms with E-state index < -0.39 is 21.6 Å². The lowest BCUT2D eigenvalue weighted by Gasteiger charge is -2.12. The van der Waals surface area contributed by atoms with E-state index in [4.69, 9.17) is 4.84 Å². The minimum atomic E-state index is -4.47. The first-order valence-electron chi connectivity index (χ1n) is 3.45. The van der Waals surface area contributed by atoms with Crippen LogP contribution in [0, 0.1) is 0 Å². The summed E-state index contributed by atoms with van der Waals surface area (Å²) in [6.07, 6.45) is 0.357. The predicted octanol–water partition coefficient (Wildman–Crippen LogP) is 0.841. The van der Waals surface area contributed by atoms with Crippen molar-refractivity contribution in [1.29, 1.82) is 0 Å². The zero-order valence-corrected chi connectivity index (χ0v) is 7.69. The molecule has 70 valence electrons. The highest BCUT2D eigenvalue weighted by Gasteiger charge is 2.31. The molecule has 0 aliphatic carbocycles. The van der Waals surface area contributed by atoms with E-state index >= 15 is 0 Å². The van der Waals surface area contributed by atoms with Gasteiger partial charge in [0.15, 0.2) is 0 Å². The Morgan fingerprint density at radius 2 is 2.25 bits per heavy atom. The molecule has 1 rings (SSSR count). The third-order valence-corrected chi connectivity index (χ3v) is 2.07. The van der Waals surface area contributed by atoms with Gasteiger partial charge in [-0.25, -0.2) is 0 Å². The van der Waals surface area contributed by atoms with Crippen molar-refractivity contribution in [3.8, 4) is 0 Å². The van der Waals surface area contributed by atoms with E-state index in [2.05, 4.69) is 5.16 Å². The monoisotopic (exact) mass is 195 g/mol. The number of halogens is 1. The molecule has 0 aromatic carbocycles. The molecule has 1 aliphatic rings. The molecular weight excluding hydrogens is 185 g/mol. The second-order valence-corrected chi connectivity index (χ2v) is 4.73. The molecule has 4 nitrogen and oxygen atoms in total. The molecule has 0 aromatic heterocycles. The van der Waals surface area contributed by atoms with Gasteiger partial charge in [0.25, 0.3) is 0 Å². The molecule has 6 heteroatoms. The molecule has 0 bridgehead atoms. The summed E-state index contributed by atoms with van der Waals surface area (Å²) in [5, 5.41) is 3.47. The van der Waals surface area contributed by atoms with E-state index in [1.807, 2.05) is 0 Å². The average Bonchev–Trinajstić information content (AvgIpc) is 2.05. The Kier molecular flexibility index (Phi) is 2.11. The molecule has 0 aromatic rings. The summed E-state index contributed by atoms with van der Waals surface area (Å²) in [7, 11) is -4.47. The van der Waals surface area contributed by atoms with Gasteiger partial charge in [0.05, 0.1) is 5.71 Å². The largest absolute Gasteiger partial charge is 0.389 e. The molecule has 0 saturated heterocycles. The first-order chi connectivity index (χ1) is 5.29. The van der Waals surface area contributed by atoms with Gasteiger partial charge in [-0.05, 0) is 13.8 Å². The lowest BCUT2D eigenvalue weighted by Crippen LogP contribution is -2.21. The van der Waals surface area contributed by atoms with Gasteiger partial charge < -0.3 is 4.84 Å². The van der Waals surface area contributed by atoms with E-state index in [1.165, 1.54) is 0 Å². The zero-order valence-electron chi connectivity index (χ0n) is 6.87. The lowest BCUT2D eigenvalue weighted by molar-refractivity contribution is 0.0123. The van der Waals surface area contributed by atoms with Crippen molar-refractivity contribution in [3.05, 3.63) is 0 Å². The molecule has 0 atom stereocenters. The lowest BCUT2D eigenvalue weighted by atomic mass is 10.0. The van der Waals surface area contributed by atoms with Gasteiger partial charge in [-0.2, -0.15) is 8.42 Å². The molecule has 1 heterocycles. The normalized spacial score (nSPS) is 21.8. The van der Waals surface area contributed by atoms with Crippen molar-refractivity contribution in [2.75, 3.05) is 5.75 Å². The number of rotatable bonds is 2. The Bertz CT molecular complexity index is 307. The first kappa shape index (κ1) is 9.44. The molecule has 1 aliphatic heterocycles. The highest BCUT2D eigenvalue weighted by Crippen LogP contribution is 2.22. The van der Waals surface area contributed by atoms with Crippen LogP contribution in [-0.2, 0) is 15.1 Å². The third-order valence-electron chi connectivity index (χ3n) is 1.39. The summed E-state index contributed by atoms with van der Waals surface area (Å²) in [6.45, 7) is 3.52. The quantitative estimate of drug-likeness (QED) is 0.613. The molecule has 12 heavy (non-hydrogen) atoms. The van der Waals surface area contributed by atoms with Crippen molar-refractivity contribution >= 4 is 15.9 Å². The summed E-state index contributed by atoms with van der Waals surface area (Å²) >= 11 is 0. The van der Waals surface area contributed by atoms with Crippen LogP contribution in [0.1, 0.15) is 20.3 Å². The number of oxime groups is 1. The summed E-state index contributed by atoms with van der Waals surface area (Å²) < 4.78 is 32.5. The Labute approximate surface area is 70.6 Å². The summed E-state index contributed by atoms with van der Waals surface area (Å²) in [6, 6.07) is 0. The fourth-order valence-electron chi connectivity index (χ4n) is 1.02. The summed E-state index contributed by atoms with van der Waals surface area (Å²) in [5.41, 5.74) is -0.262. The van der Waals surface area contributed by atoms with Crippen molar-refractivity contribution < 1.29 is 17.1 Å². The Morgan fingerprint density at radius 1 is 1.67 bits per heavy atom. The fourth-order valence-corrected chi connectivity index (χ4v) is 1.57. The predicted molar refractivity (Wildman–Crippen MR) is 42.1 cm³/mol. The van der Waals surface area contributed by atoms with Gasteiger partial charge in [0, 0.05) is 6.42 Å². The Morgan fingerprint density at radius 3 is 2.58 bits per heavy atom. The second-order valence-electron chi connectivity index (χ2n) is 3.37. The zero-order chi connectivity index (χ0) is 9.41. The third kappa shape index (κ3) is 2.77. The van der Waals surface area contributed by atoms with Crippen LogP contribution in [0.15, 0.2) is 5.16 Å². The SMILES string of the molecule is CC1(C)CC(CS(=O)(=O)F)=NO1. The average molecular weight is 195 g/mol. The van der Waals surface area contributed by atoms with Crippen LogP contribution in [0.2, 0.25) is 0 Å². The number of nitrogens with zero attached hydrogens (tertiary/aromatic N) is 1. The molecule has 0 unspecified atom stereocenters. The molecular formula is C6H10FNO3S. The first-order valence-corrected chi connectivity index (χ1v) is 5.00. The second kappa shape index (κ2) is 2.69. The minimum absolute atomic E-state index is 0.238. The number of hydrogen-bond donors (Lipinski definition) is 0.